The van der Waals surface area contributed by atoms with Crippen LogP contribution in [0.15, 0.2) is 48.5 Å². The van der Waals surface area contributed by atoms with Crippen LogP contribution in [0.4, 0.5) is 4.39 Å². The number of halogens is 2. The lowest BCUT2D eigenvalue weighted by Gasteiger charge is -2.18. The number of nitrogens with one attached hydrogen (secondary N) is 1. The third kappa shape index (κ3) is 6.85. The SMILES string of the molecule is O=C(O)CCC(Cc1ccccc1)NCCCc1c(F)cccc1Cl. The third-order valence-corrected chi connectivity index (χ3v) is 4.48. The highest BCUT2D eigenvalue weighted by molar-refractivity contribution is 6.31. The van der Waals surface area contributed by atoms with E-state index in [-0.39, 0.29) is 18.3 Å². The predicted octanol–water partition coefficient (Wildman–Crippen LogP) is 4.48. The largest absolute Gasteiger partial charge is 0.481 e. The van der Waals surface area contributed by atoms with Gasteiger partial charge in [0.1, 0.15) is 5.82 Å². The predicted molar refractivity (Wildman–Crippen MR) is 98.5 cm³/mol. The van der Waals surface area contributed by atoms with Crippen LogP contribution in [0.2, 0.25) is 5.02 Å². The van der Waals surface area contributed by atoms with Gasteiger partial charge in [0.25, 0.3) is 0 Å². The lowest BCUT2D eigenvalue weighted by Crippen LogP contribution is -2.32. The molecule has 0 bridgehead atoms. The van der Waals surface area contributed by atoms with Crippen LogP contribution in [0, 0.1) is 5.82 Å². The Bertz CT molecular complexity index is 658. The quantitative estimate of drug-likeness (QED) is 0.612. The number of rotatable bonds is 10. The van der Waals surface area contributed by atoms with Crippen LogP contribution in [-0.2, 0) is 17.6 Å². The second-order valence-electron chi connectivity index (χ2n) is 6.08. The minimum atomic E-state index is -0.794. The van der Waals surface area contributed by atoms with Crippen molar-refractivity contribution in [1.82, 2.24) is 5.32 Å². The fourth-order valence-corrected chi connectivity index (χ4v) is 3.07. The van der Waals surface area contributed by atoms with Gasteiger partial charge in [-0.25, -0.2) is 4.39 Å². The summed E-state index contributed by atoms with van der Waals surface area (Å²) < 4.78 is 13.8. The molecule has 2 aromatic carbocycles. The van der Waals surface area contributed by atoms with Crippen LogP contribution in [0.5, 0.6) is 0 Å². The monoisotopic (exact) mass is 363 g/mol. The highest BCUT2D eigenvalue weighted by Crippen LogP contribution is 2.20. The van der Waals surface area contributed by atoms with Gasteiger partial charge < -0.3 is 10.4 Å². The molecule has 0 spiro atoms. The Morgan fingerprint density at radius 2 is 1.92 bits per heavy atom. The van der Waals surface area contributed by atoms with Crippen molar-refractivity contribution < 1.29 is 14.3 Å². The van der Waals surface area contributed by atoms with E-state index in [1.807, 2.05) is 30.3 Å². The first-order chi connectivity index (χ1) is 12.1. The van der Waals surface area contributed by atoms with Gasteiger partial charge in [0, 0.05) is 23.0 Å². The summed E-state index contributed by atoms with van der Waals surface area (Å²) in [7, 11) is 0. The molecule has 25 heavy (non-hydrogen) atoms. The number of carboxylic acid groups (broad SMARTS) is 1. The highest BCUT2D eigenvalue weighted by Gasteiger charge is 2.12. The second kappa shape index (κ2) is 10.2. The first-order valence-corrected chi connectivity index (χ1v) is 8.86. The van der Waals surface area contributed by atoms with Gasteiger partial charge in [-0.3, -0.25) is 4.79 Å². The summed E-state index contributed by atoms with van der Waals surface area (Å²) in [5.74, 6) is -1.07. The van der Waals surface area contributed by atoms with Crippen LogP contribution >= 0.6 is 11.6 Å². The van der Waals surface area contributed by atoms with Gasteiger partial charge >= 0.3 is 5.97 Å². The zero-order chi connectivity index (χ0) is 18.1. The molecule has 0 aliphatic carbocycles. The van der Waals surface area contributed by atoms with Crippen LogP contribution in [0.3, 0.4) is 0 Å². The molecule has 0 saturated carbocycles. The van der Waals surface area contributed by atoms with E-state index in [4.69, 9.17) is 16.7 Å². The average Bonchev–Trinajstić information content (AvgIpc) is 2.59. The van der Waals surface area contributed by atoms with Crippen molar-refractivity contribution >= 4 is 17.6 Å². The molecular formula is C20H23ClFNO2. The van der Waals surface area contributed by atoms with E-state index in [1.165, 1.54) is 11.6 Å². The summed E-state index contributed by atoms with van der Waals surface area (Å²) in [6, 6.07) is 14.8. The molecule has 0 aliphatic heterocycles. The van der Waals surface area contributed by atoms with E-state index in [9.17, 15) is 9.18 Å². The summed E-state index contributed by atoms with van der Waals surface area (Å²) in [5.41, 5.74) is 1.71. The molecule has 5 heteroatoms. The number of hydrogen-bond donors (Lipinski definition) is 2. The summed E-state index contributed by atoms with van der Waals surface area (Å²) >= 11 is 6.04. The van der Waals surface area contributed by atoms with Gasteiger partial charge in [-0.2, -0.15) is 0 Å². The number of carbonyl (C=O) groups is 1. The van der Waals surface area contributed by atoms with Crippen molar-refractivity contribution in [3.63, 3.8) is 0 Å². The van der Waals surface area contributed by atoms with E-state index in [1.54, 1.807) is 12.1 Å². The third-order valence-electron chi connectivity index (χ3n) is 4.13. The van der Waals surface area contributed by atoms with Crippen molar-refractivity contribution in [3.8, 4) is 0 Å². The fourth-order valence-electron chi connectivity index (χ4n) is 2.82. The Morgan fingerprint density at radius 3 is 2.60 bits per heavy atom. The van der Waals surface area contributed by atoms with Crippen molar-refractivity contribution in [1.29, 1.82) is 0 Å². The highest BCUT2D eigenvalue weighted by atomic mass is 35.5. The first-order valence-electron chi connectivity index (χ1n) is 8.48. The average molecular weight is 364 g/mol. The number of aliphatic carboxylic acids is 1. The molecule has 0 saturated heterocycles. The summed E-state index contributed by atoms with van der Waals surface area (Å²) in [4.78, 5) is 10.9. The van der Waals surface area contributed by atoms with Crippen LogP contribution < -0.4 is 5.32 Å². The molecule has 0 heterocycles. The topological polar surface area (TPSA) is 49.3 Å². The van der Waals surface area contributed by atoms with Crippen molar-refractivity contribution in [2.75, 3.05) is 6.54 Å². The Kier molecular flexibility index (Phi) is 7.89. The summed E-state index contributed by atoms with van der Waals surface area (Å²) in [6.07, 6.45) is 2.75. The minimum absolute atomic E-state index is 0.0783. The van der Waals surface area contributed by atoms with Crippen molar-refractivity contribution in [3.05, 3.63) is 70.5 Å². The Labute approximate surface area is 152 Å². The maximum absolute atomic E-state index is 13.8. The molecule has 0 radical (unpaired) electrons. The minimum Gasteiger partial charge on any atom is -0.481 e. The zero-order valence-electron chi connectivity index (χ0n) is 14.1. The number of benzene rings is 2. The van der Waals surface area contributed by atoms with E-state index >= 15 is 0 Å². The van der Waals surface area contributed by atoms with Gasteiger partial charge in [0.05, 0.1) is 0 Å². The van der Waals surface area contributed by atoms with Gasteiger partial charge in [-0.05, 0) is 49.9 Å². The van der Waals surface area contributed by atoms with Gasteiger partial charge in [-0.1, -0.05) is 48.0 Å². The standard InChI is InChI=1S/C20H23ClFNO2/c21-18-9-4-10-19(22)17(18)8-5-13-23-16(11-12-20(24)25)14-15-6-2-1-3-7-15/h1-4,6-7,9-10,16,23H,5,8,11-14H2,(H,24,25). The summed E-state index contributed by atoms with van der Waals surface area (Å²) in [6.45, 7) is 0.682. The Balaban J connectivity index is 1.85. The number of hydrogen-bond acceptors (Lipinski definition) is 2. The molecular weight excluding hydrogens is 341 g/mol. The molecule has 0 aliphatic rings. The molecule has 2 rings (SSSR count). The molecule has 0 fully saturated rings. The van der Waals surface area contributed by atoms with E-state index in [2.05, 4.69) is 5.32 Å². The Hall–Kier alpha value is -1.91. The maximum atomic E-state index is 13.8. The zero-order valence-corrected chi connectivity index (χ0v) is 14.8. The van der Waals surface area contributed by atoms with Gasteiger partial charge in [-0.15, -0.1) is 0 Å². The molecule has 2 aromatic rings. The molecule has 0 aromatic heterocycles. The van der Waals surface area contributed by atoms with Gasteiger partial charge in [0.2, 0.25) is 0 Å². The molecule has 2 N–H and O–H groups in total. The molecule has 1 unspecified atom stereocenters. The lowest BCUT2D eigenvalue weighted by molar-refractivity contribution is -0.137. The molecule has 3 nitrogen and oxygen atoms in total. The lowest BCUT2D eigenvalue weighted by atomic mass is 10.0. The smallest absolute Gasteiger partial charge is 0.303 e. The normalized spacial score (nSPS) is 12.1. The number of carboxylic acids is 1. The summed E-state index contributed by atoms with van der Waals surface area (Å²) in [5, 5.41) is 12.8. The Morgan fingerprint density at radius 1 is 1.16 bits per heavy atom. The van der Waals surface area contributed by atoms with Gasteiger partial charge in [0.15, 0.2) is 0 Å². The van der Waals surface area contributed by atoms with Crippen molar-refractivity contribution in [2.24, 2.45) is 0 Å². The van der Waals surface area contributed by atoms with Crippen LogP contribution in [-0.4, -0.2) is 23.7 Å². The maximum Gasteiger partial charge on any atom is 0.303 e. The second-order valence-corrected chi connectivity index (χ2v) is 6.48. The van der Waals surface area contributed by atoms with E-state index in [0.29, 0.717) is 30.0 Å². The van der Waals surface area contributed by atoms with Crippen molar-refractivity contribution in [2.45, 2.75) is 38.1 Å². The molecule has 134 valence electrons. The van der Waals surface area contributed by atoms with Crippen LogP contribution in [0.25, 0.3) is 0 Å². The van der Waals surface area contributed by atoms with E-state index in [0.717, 1.165) is 12.8 Å². The van der Waals surface area contributed by atoms with Crippen LogP contribution in [0.1, 0.15) is 30.4 Å². The van der Waals surface area contributed by atoms with E-state index < -0.39 is 5.97 Å². The first kappa shape index (κ1) is 19.4. The fraction of sp³-hybridized carbons (Fsp3) is 0.350. The molecule has 1 atom stereocenters. The molecule has 0 amide bonds.